The van der Waals surface area contributed by atoms with Crippen molar-refractivity contribution < 1.29 is 9.18 Å². The third kappa shape index (κ3) is 3.92. The Morgan fingerprint density at radius 1 is 1.50 bits per heavy atom. The van der Waals surface area contributed by atoms with Gasteiger partial charge in [0.15, 0.2) is 5.82 Å². The van der Waals surface area contributed by atoms with E-state index in [0.29, 0.717) is 12.4 Å². The fourth-order valence-corrected chi connectivity index (χ4v) is 1.63. The highest BCUT2D eigenvalue weighted by molar-refractivity contribution is 5.93. The Kier molecular flexibility index (Phi) is 4.45. The third-order valence-electron chi connectivity index (χ3n) is 2.46. The minimum atomic E-state index is -0.367. The molecule has 102 valence electrons. The second-order valence-electron chi connectivity index (χ2n) is 4.05. The van der Waals surface area contributed by atoms with Crippen molar-refractivity contribution in [3.05, 3.63) is 47.8 Å². The molecule has 1 aromatic carbocycles. The molecule has 0 unspecified atom stereocenters. The van der Waals surface area contributed by atoms with Gasteiger partial charge in [-0.25, -0.2) is 14.1 Å². The number of nitrogens with one attached hydrogen (secondary N) is 1. The summed E-state index contributed by atoms with van der Waals surface area (Å²) in [5.41, 5.74) is 0.794. The van der Waals surface area contributed by atoms with Crippen molar-refractivity contribution in [3.8, 4) is 11.8 Å². The molecule has 1 aromatic heterocycles. The number of halogens is 1. The average Bonchev–Trinajstić information content (AvgIpc) is 2.84. The number of carbonyl (C=O) groups excluding carboxylic acids is 1. The largest absolute Gasteiger partial charge is 0.338 e. The summed E-state index contributed by atoms with van der Waals surface area (Å²) >= 11 is 0. The van der Waals surface area contributed by atoms with Gasteiger partial charge in [-0.1, -0.05) is 18.1 Å². The highest BCUT2D eigenvalue weighted by atomic mass is 19.1. The van der Waals surface area contributed by atoms with Crippen LogP contribution in [0.25, 0.3) is 0 Å². The van der Waals surface area contributed by atoms with Crippen molar-refractivity contribution in [2.45, 2.75) is 20.0 Å². The van der Waals surface area contributed by atoms with Crippen molar-refractivity contribution >= 4 is 5.91 Å². The number of aromatic nitrogens is 3. The summed E-state index contributed by atoms with van der Waals surface area (Å²) in [6.45, 7) is 2.22. The molecule has 0 atom stereocenters. The number of carbonyl (C=O) groups is 1. The Labute approximate surface area is 115 Å². The van der Waals surface area contributed by atoms with Gasteiger partial charge in [0, 0.05) is 0 Å². The Morgan fingerprint density at radius 3 is 3.10 bits per heavy atom. The standard InChI is InChI=1S/C14H13FN4O/c1-2-4-14(20)16-8-13-17-10-19(18-13)9-11-5-3-6-12(15)7-11/h3,5-7,10H,8-9H2,1H3,(H,16,20). The summed E-state index contributed by atoms with van der Waals surface area (Å²) in [4.78, 5) is 15.2. The van der Waals surface area contributed by atoms with E-state index in [1.54, 1.807) is 17.7 Å². The molecule has 1 N–H and O–H groups in total. The van der Waals surface area contributed by atoms with Gasteiger partial charge in [-0.2, -0.15) is 5.10 Å². The number of amides is 1. The molecule has 1 heterocycles. The molecular weight excluding hydrogens is 259 g/mol. The number of nitrogens with zero attached hydrogens (tertiary/aromatic N) is 3. The molecule has 0 fully saturated rings. The molecule has 2 rings (SSSR count). The van der Waals surface area contributed by atoms with Gasteiger partial charge < -0.3 is 5.32 Å². The average molecular weight is 272 g/mol. The normalized spacial score (nSPS) is 9.70. The first-order valence-corrected chi connectivity index (χ1v) is 6.00. The smallest absolute Gasteiger partial charge is 0.296 e. The molecule has 0 spiro atoms. The van der Waals surface area contributed by atoms with Gasteiger partial charge in [-0.05, 0) is 30.5 Å². The van der Waals surface area contributed by atoms with E-state index in [9.17, 15) is 9.18 Å². The number of hydrogen-bond acceptors (Lipinski definition) is 3. The minimum absolute atomic E-state index is 0.212. The topological polar surface area (TPSA) is 59.8 Å². The zero-order valence-electron chi connectivity index (χ0n) is 10.9. The van der Waals surface area contributed by atoms with E-state index in [-0.39, 0.29) is 18.3 Å². The van der Waals surface area contributed by atoms with Crippen LogP contribution in [0, 0.1) is 17.7 Å². The summed E-state index contributed by atoms with van der Waals surface area (Å²) in [6, 6.07) is 6.29. The van der Waals surface area contributed by atoms with Gasteiger partial charge in [0.25, 0.3) is 5.91 Å². The quantitative estimate of drug-likeness (QED) is 0.848. The maximum atomic E-state index is 13.1. The molecule has 6 heteroatoms. The lowest BCUT2D eigenvalue weighted by molar-refractivity contribution is -0.115. The molecule has 1 amide bonds. The Bertz CT molecular complexity index is 669. The van der Waals surface area contributed by atoms with Crippen molar-refractivity contribution in [2.75, 3.05) is 0 Å². The highest BCUT2D eigenvalue weighted by Crippen LogP contribution is 2.05. The predicted octanol–water partition coefficient (Wildman–Crippen LogP) is 1.10. The third-order valence-corrected chi connectivity index (χ3v) is 2.46. The van der Waals surface area contributed by atoms with Crippen molar-refractivity contribution in [3.63, 3.8) is 0 Å². The van der Waals surface area contributed by atoms with E-state index in [2.05, 4.69) is 27.2 Å². The van der Waals surface area contributed by atoms with Crippen LogP contribution in [0.4, 0.5) is 4.39 Å². The van der Waals surface area contributed by atoms with Crippen LogP contribution < -0.4 is 5.32 Å². The first-order chi connectivity index (χ1) is 9.67. The van der Waals surface area contributed by atoms with Gasteiger partial charge in [0.1, 0.15) is 12.1 Å². The minimum Gasteiger partial charge on any atom is -0.338 e. The molecule has 2 aromatic rings. The van der Waals surface area contributed by atoms with Crippen molar-refractivity contribution in [2.24, 2.45) is 0 Å². The Morgan fingerprint density at radius 2 is 2.35 bits per heavy atom. The van der Waals surface area contributed by atoms with Crippen molar-refractivity contribution in [1.29, 1.82) is 0 Å². The maximum Gasteiger partial charge on any atom is 0.296 e. The van der Waals surface area contributed by atoms with E-state index in [1.807, 2.05) is 6.07 Å². The zero-order chi connectivity index (χ0) is 14.4. The van der Waals surface area contributed by atoms with Crippen LogP contribution in [-0.4, -0.2) is 20.7 Å². The monoisotopic (exact) mass is 272 g/mol. The predicted molar refractivity (Wildman–Crippen MR) is 70.8 cm³/mol. The van der Waals surface area contributed by atoms with Gasteiger partial charge >= 0.3 is 0 Å². The van der Waals surface area contributed by atoms with E-state index in [1.165, 1.54) is 18.5 Å². The van der Waals surface area contributed by atoms with Crippen LogP contribution in [-0.2, 0) is 17.9 Å². The van der Waals surface area contributed by atoms with E-state index in [0.717, 1.165) is 5.56 Å². The summed E-state index contributed by atoms with van der Waals surface area (Å²) in [6.07, 6.45) is 1.54. The van der Waals surface area contributed by atoms with Crippen LogP contribution in [0.1, 0.15) is 18.3 Å². The molecule has 0 saturated heterocycles. The molecule has 20 heavy (non-hydrogen) atoms. The maximum absolute atomic E-state index is 13.1. The molecule has 0 aliphatic heterocycles. The van der Waals surface area contributed by atoms with E-state index < -0.39 is 0 Å². The molecular formula is C14H13FN4O. The van der Waals surface area contributed by atoms with Gasteiger partial charge in [-0.15, -0.1) is 0 Å². The summed E-state index contributed by atoms with van der Waals surface area (Å²) in [5, 5.41) is 6.76. The number of hydrogen-bond donors (Lipinski definition) is 1. The van der Waals surface area contributed by atoms with Crippen LogP contribution in [0.15, 0.2) is 30.6 Å². The van der Waals surface area contributed by atoms with Gasteiger partial charge in [0.05, 0.1) is 13.1 Å². The van der Waals surface area contributed by atoms with Gasteiger partial charge in [-0.3, -0.25) is 4.79 Å². The summed E-state index contributed by atoms with van der Waals surface area (Å²) < 4.78 is 14.6. The van der Waals surface area contributed by atoms with E-state index >= 15 is 0 Å². The van der Waals surface area contributed by atoms with Gasteiger partial charge in [0.2, 0.25) is 0 Å². The summed E-state index contributed by atoms with van der Waals surface area (Å²) in [7, 11) is 0. The van der Waals surface area contributed by atoms with Crippen molar-refractivity contribution in [1.82, 2.24) is 20.1 Å². The molecule has 0 bridgehead atoms. The molecule has 0 aliphatic carbocycles. The number of benzene rings is 1. The molecule has 0 saturated carbocycles. The molecule has 0 radical (unpaired) electrons. The Balaban J connectivity index is 1.95. The SMILES string of the molecule is CC#CC(=O)NCc1ncn(Cc2cccc(F)c2)n1. The van der Waals surface area contributed by atoms with Crippen LogP contribution >= 0.6 is 0 Å². The lowest BCUT2D eigenvalue weighted by atomic mass is 10.2. The van der Waals surface area contributed by atoms with Crippen LogP contribution in [0.2, 0.25) is 0 Å². The first kappa shape index (κ1) is 13.7. The van der Waals surface area contributed by atoms with E-state index in [4.69, 9.17) is 0 Å². The second-order valence-corrected chi connectivity index (χ2v) is 4.05. The van der Waals surface area contributed by atoms with Crippen LogP contribution in [0.5, 0.6) is 0 Å². The second kappa shape index (κ2) is 6.48. The first-order valence-electron chi connectivity index (χ1n) is 6.00. The number of rotatable bonds is 4. The lowest BCUT2D eigenvalue weighted by Gasteiger charge is -2.01. The zero-order valence-corrected chi connectivity index (χ0v) is 10.9. The Hall–Kier alpha value is -2.68. The molecule has 0 aliphatic rings. The fraction of sp³-hybridized carbons (Fsp3) is 0.214. The van der Waals surface area contributed by atoms with Crippen LogP contribution in [0.3, 0.4) is 0 Å². The highest BCUT2D eigenvalue weighted by Gasteiger charge is 2.03. The summed E-state index contributed by atoms with van der Waals surface area (Å²) in [5.74, 6) is 4.70. The lowest BCUT2D eigenvalue weighted by Crippen LogP contribution is -2.21. The fourth-order valence-electron chi connectivity index (χ4n) is 1.63. The molecule has 5 nitrogen and oxygen atoms in total.